The van der Waals surface area contributed by atoms with Crippen molar-refractivity contribution >= 4 is 0 Å². The van der Waals surface area contributed by atoms with E-state index in [1.807, 2.05) is 0 Å². The van der Waals surface area contributed by atoms with Crippen LogP contribution < -0.4 is 0 Å². The molecule has 3 nitrogen and oxygen atoms in total. The molecule has 0 radical (unpaired) electrons. The van der Waals surface area contributed by atoms with Gasteiger partial charge in [0.25, 0.3) is 0 Å². The Balaban J connectivity index is 1.62. The van der Waals surface area contributed by atoms with E-state index in [2.05, 4.69) is 18.7 Å². The molecule has 0 aromatic rings. The van der Waals surface area contributed by atoms with E-state index in [1.54, 1.807) is 0 Å². The minimum absolute atomic E-state index is 0.0652. The molecule has 0 bridgehead atoms. The van der Waals surface area contributed by atoms with E-state index in [0.29, 0.717) is 6.04 Å². The van der Waals surface area contributed by atoms with Gasteiger partial charge in [-0.05, 0) is 44.7 Å². The van der Waals surface area contributed by atoms with Crippen molar-refractivity contribution in [1.82, 2.24) is 4.90 Å². The normalized spacial score (nSPS) is 29.7. The number of nitrogens with zero attached hydrogens (tertiary/aromatic N) is 1. The second kappa shape index (κ2) is 9.01. The summed E-state index contributed by atoms with van der Waals surface area (Å²) in [6.45, 7) is 8.75. The molecule has 0 aromatic heterocycles. The van der Waals surface area contributed by atoms with Gasteiger partial charge >= 0.3 is 0 Å². The fraction of sp³-hybridized carbons (Fsp3) is 1.00. The predicted octanol–water partition coefficient (Wildman–Crippen LogP) is 3.82. The van der Waals surface area contributed by atoms with Crippen LogP contribution in [0.1, 0.15) is 65.2 Å². The van der Waals surface area contributed by atoms with E-state index in [1.165, 1.54) is 58.0 Å². The zero-order valence-electron chi connectivity index (χ0n) is 13.5. The SMILES string of the molecule is CCCCCC1OCC(N2CCC(CCC)CC2)CO1. The number of piperidine rings is 1. The summed E-state index contributed by atoms with van der Waals surface area (Å²) in [6, 6.07) is 0.500. The van der Waals surface area contributed by atoms with Crippen LogP contribution in [0.5, 0.6) is 0 Å². The Morgan fingerprint density at radius 3 is 2.20 bits per heavy atom. The third-order valence-corrected chi connectivity index (χ3v) is 4.85. The van der Waals surface area contributed by atoms with Crippen LogP contribution in [0.25, 0.3) is 0 Å². The molecule has 2 fully saturated rings. The summed E-state index contributed by atoms with van der Waals surface area (Å²) in [7, 11) is 0. The molecule has 0 aromatic carbocycles. The van der Waals surface area contributed by atoms with Gasteiger partial charge in [-0.25, -0.2) is 0 Å². The smallest absolute Gasteiger partial charge is 0.157 e. The molecule has 3 heteroatoms. The van der Waals surface area contributed by atoms with Crippen molar-refractivity contribution in [2.24, 2.45) is 5.92 Å². The third-order valence-electron chi connectivity index (χ3n) is 4.85. The molecule has 2 aliphatic heterocycles. The maximum atomic E-state index is 5.90. The van der Waals surface area contributed by atoms with Gasteiger partial charge in [0.2, 0.25) is 0 Å². The Hall–Kier alpha value is -0.120. The molecular weight excluding hydrogens is 250 g/mol. The largest absolute Gasteiger partial charge is 0.351 e. The quantitative estimate of drug-likeness (QED) is 0.663. The van der Waals surface area contributed by atoms with Gasteiger partial charge in [0, 0.05) is 0 Å². The Kier molecular flexibility index (Phi) is 7.32. The fourth-order valence-corrected chi connectivity index (χ4v) is 3.49. The summed E-state index contributed by atoms with van der Waals surface area (Å²) in [6.07, 6.45) is 10.4. The van der Waals surface area contributed by atoms with Crippen LogP contribution in [0, 0.1) is 5.92 Å². The second-order valence-corrected chi connectivity index (χ2v) is 6.51. The lowest BCUT2D eigenvalue weighted by molar-refractivity contribution is -0.209. The van der Waals surface area contributed by atoms with Crippen molar-refractivity contribution in [3.63, 3.8) is 0 Å². The summed E-state index contributed by atoms with van der Waals surface area (Å²) in [5.74, 6) is 0.962. The highest BCUT2D eigenvalue weighted by molar-refractivity contribution is 4.80. The molecule has 0 N–H and O–H groups in total. The van der Waals surface area contributed by atoms with Gasteiger partial charge in [-0.1, -0.05) is 39.5 Å². The zero-order chi connectivity index (χ0) is 14.2. The van der Waals surface area contributed by atoms with Gasteiger partial charge in [0.1, 0.15) is 0 Å². The first-order valence-corrected chi connectivity index (χ1v) is 8.80. The fourth-order valence-electron chi connectivity index (χ4n) is 3.49. The lowest BCUT2D eigenvalue weighted by Gasteiger charge is -2.40. The molecule has 0 amide bonds. The molecule has 0 aliphatic carbocycles. The van der Waals surface area contributed by atoms with Crippen molar-refractivity contribution in [3.05, 3.63) is 0 Å². The van der Waals surface area contributed by atoms with Gasteiger partial charge in [-0.2, -0.15) is 0 Å². The van der Waals surface area contributed by atoms with E-state index in [4.69, 9.17) is 9.47 Å². The highest BCUT2D eigenvalue weighted by Gasteiger charge is 2.29. The summed E-state index contributed by atoms with van der Waals surface area (Å²) >= 11 is 0. The Morgan fingerprint density at radius 1 is 0.900 bits per heavy atom. The first-order valence-electron chi connectivity index (χ1n) is 8.80. The molecule has 2 heterocycles. The lowest BCUT2D eigenvalue weighted by Crippen LogP contribution is -2.50. The van der Waals surface area contributed by atoms with Crippen LogP contribution in [0.2, 0.25) is 0 Å². The number of unbranched alkanes of at least 4 members (excludes halogenated alkanes) is 2. The molecule has 0 spiro atoms. The van der Waals surface area contributed by atoms with Crippen LogP contribution in [0.15, 0.2) is 0 Å². The number of likely N-dealkylation sites (tertiary alicyclic amines) is 1. The predicted molar refractivity (Wildman–Crippen MR) is 82.8 cm³/mol. The van der Waals surface area contributed by atoms with E-state index in [9.17, 15) is 0 Å². The lowest BCUT2D eigenvalue weighted by atomic mass is 9.92. The van der Waals surface area contributed by atoms with E-state index >= 15 is 0 Å². The van der Waals surface area contributed by atoms with Crippen LogP contribution in [-0.2, 0) is 9.47 Å². The monoisotopic (exact) mass is 283 g/mol. The van der Waals surface area contributed by atoms with Crippen LogP contribution in [0.4, 0.5) is 0 Å². The third kappa shape index (κ3) is 5.01. The molecule has 20 heavy (non-hydrogen) atoms. The standard InChI is InChI=1S/C17H33NO2/c1-3-5-6-8-17-19-13-16(14-20-17)18-11-9-15(7-4-2)10-12-18/h15-17H,3-14H2,1-2H3. The second-order valence-electron chi connectivity index (χ2n) is 6.51. The highest BCUT2D eigenvalue weighted by atomic mass is 16.7. The van der Waals surface area contributed by atoms with E-state index < -0.39 is 0 Å². The van der Waals surface area contributed by atoms with Crippen LogP contribution in [-0.4, -0.2) is 43.5 Å². The highest BCUT2D eigenvalue weighted by Crippen LogP contribution is 2.25. The van der Waals surface area contributed by atoms with Gasteiger partial charge in [-0.15, -0.1) is 0 Å². The Bertz CT molecular complexity index is 243. The molecule has 2 aliphatic rings. The van der Waals surface area contributed by atoms with Gasteiger partial charge < -0.3 is 9.47 Å². The summed E-state index contributed by atoms with van der Waals surface area (Å²) in [5, 5.41) is 0. The Labute approximate surface area is 125 Å². The van der Waals surface area contributed by atoms with Crippen molar-refractivity contribution < 1.29 is 9.47 Å². The number of ether oxygens (including phenoxy) is 2. The minimum atomic E-state index is 0.0652. The summed E-state index contributed by atoms with van der Waals surface area (Å²) < 4.78 is 11.8. The molecular formula is C17H33NO2. The van der Waals surface area contributed by atoms with E-state index in [0.717, 1.165) is 25.6 Å². The number of hydrogen-bond donors (Lipinski definition) is 0. The average Bonchev–Trinajstić information content (AvgIpc) is 2.49. The van der Waals surface area contributed by atoms with Crippen LogP contribution in [0.3, 0.4) is 0 Å². The van der Waals surface area contributed by atoms with Crippen molar-refractivity contribution in [3.8, 4) is 0 Å². The van der Waals surface area contributed by atoms with Crippen molar-refractivity contribution in [2.45, 2.75) is 77.5 Å². The molecule has 118 valence electrons. The molecule has 0 unspecified atom stereocenters. The maximum absolute atomic E-state index is 5.90. The van der Waals surface area contributed by atoms with Gasteiger partial charge in [0.15, 0.2) is 6.29 Å². The van der Waals surface area contributed by atoms with Crippen molar-refractivity contribution in [1.29, 1.82) is 0 Å². The topological polar surface area (TPSA) is 21.7 Å². The molecule has 2 saturated heterocycles. The van der Waals surface area contributed by atoms with Gasteiger partial charge in [0.05, 0.1) is 19.3 Å². The van der Waals surface area contributed by atoms with E-state index in [-0.39, 0.29) is 6.29 Å². The molecule has 2 rings (SSSR count). The first kappa shape index (κ1) is 16.3. The van der Waals surface area contributed by atoms with Crippen LogP contribution >= 0.6 is 0 Å². The number of hydrogen-bond acceptors (Lipinski definition) is 3. The number of rotatable bonds is 7. The molecule has 0 atom stereocenters. The Morgan fingerprint density at radius 2 is 1.60 bits per heavy atom. The molecule has 0 saturated carbocycles. The first-order chi connectivity index (χ1) is 9.83. The average molecular weight is 283 g/mol. The van der Waals surface area contributed by atoms with Gasteiger partial charge in [-0.3, -0.25) is 4.90 Å². The minimum Gasteiger partial charge on any atom is -0.351 e. The summed E-state index contributed by atoms with van der Waals surface area (Å²) in [4.78, 5) is 2.59. The zero-order valence-corrected chi connectivity index (χ0v) is 13.5. The summed E-state index contributed by atoms with van der Waals surface area (Å²) in [5.41, 5.74) is 0. The maximum Gasteiger partial charge on any atom is 0.157 e. The van der Waals surface area contributed by atoms with Crippen molar-refractivity contribution in [2.75, 3.05) is 26.3 Å².